The number of ketones is 1. The third-order valence-electron chi connectivity index (χ3n) is 10.3. The Morgan fingerprint density at radius 1 is 1.31 bits per heavy atom. The maximum Gasteiger partial charge on any atom is 0.188 e. The molecule has 2 aromatic heterocycles. The minimum absolute atomic E-state index is 0.122. The fraction of sp³-hybridized carbons (Fsp3) is 0.643. The zero-order chi connectivity index (χ0) is 25.5. The number of carbonyl (C=O) groups is 1. The van der Waals surface area contributed by atoms with Crippen LogP contribution >= 0.6 is 11.8 Å². The van der Waals surface area contributed by atoms with E-state index in [0.717, 1.165) is 31.4 Å². The Morgan fingerprint density at radius 3 is 2.89 bits per heavy atom. The highest BCUT2D eigenvalue weighted by atomic mass is 32.2. The molecule has 0 bridgehead atoms. The van der Waals surface area contributed by atoms with Gasteiger partial charge in [-0.1, -0.05) is 31.2 Å². The molecule has 0 spiro atoms. The normalized spacial score (nSPS) is 39.0. The molecule has 2 aromatic rings. The summed E-state index contributed by atoms with van der Waals surface area (Å²) < 4.78 is 1.95. The van der Waals surface area contributed by atoms with Crippen molar-refractivity contribution in [2.45, 2.75) is 76.2 Å². The number of rotatable bonds is 4. The summed E-state index contributed by atoms with van der Waals surface area (Å²) in [7, 11) is 1.99. The Bertz CT molecular complexity index is 1260. The van der Waals surface area contributed by atoms with Gasteiger partial charge in [-0.25, -0.2) is 9.97 Å². The number of fused-ring (bicyclic) bond motifs is 6. The molecule has 4 aliphatic rings. The molecule has 3 saturated carbocycles. The SMILES string of the molecule is Cc1ccnc(SCC(=O)[C@@]2(O)CCC3C4CCC5=Cc6c(cnn6C)CC5(C)C4[C@@H](O)CC32C)n1. The molecule has 5 unspecified atom stereocenters. The zero-order valence-corrected chi connectivity index (χ0v) is 22.4. The number of allylic oxidation sites excluding steroid dienone is 1. The van der Waals surface area contributed by atoms with Crippen molar-refractivity contribution in [2.75, 3.05) is 5.75 Å². The standard InChI is InChI=1S/C28H36N4O3S/c1-16-8-10-29-25(31-16)36-15-23(34)28(35)9-7-20-19-6-5-18-11-21-17(14-30-32(21)4)12-26(18,2)24(19)22(33)13-27(20,28)3/h8,10-11,14,19-20,22,24,33,35H,5-7,9,12-13,15H2,1-4H3/t19?,20?,22-,24?,26?,27?,28-/m0/s1. The smallest absolute Gasteiger partial charge is 0.188 e. The van der Waals surface area contributed by atoms with E-state index >= 15 is 0 Å². The van der Waals surface area contributed by atoms with E-state index in [9.17, 15) is 15.0 Å². The summed E-state index contributed by atoms with van der Waals surface area (Å²) in [4.78, 5) is 22.2. The van der Waals surface area contributed by atoms with Gasteiger partial charge >= 0.3 is 0 Å². The number of hydrogen-bond acceptors (Lipinski definition) is 7. The highest BCUT2D eigenvalue weighted by Gasteiger charge is 2.68. The molecule has 7 atom stereocenters. The number of thioether (sulfide) groups is 1. The molecular formula is C28H36N4O3S. The van der Waals surface area contributed by atoms with Gasteiger partial charge in [0.2, 0.25) is 0 Å². The second-order valence-electron chi connectivity index (χ2n) is 12.1. The molecule has 0 aromatic carbocycles. The van der Waals surface area contributed by atoms with Gasteiger partial charge in [-0.05, 0) is 86.3 Å². The van der Waals surface area contributed by atoms with Crippen LogP contribution in [-0.4, -0.2) is 53.2 Å². The zero-order valence-electron chi connectivity index (χ0n) is 21.6. The Kier molecular flexibility index (Phi) is 5.56. The molecule has 8 heteroatoms. The molecule has 0 amide bonds. The van der Waals surface area contributed by atoms with E-state index in [-0.39, 0.29) is 34.7 Å². The minimum atomic E-state index is -1.43. The molecule has 2 N–H and O–H groups in total. The summed E-state index contributed by atoms with van der Waals surface area (Å²) in [6.45, 7) is 6.28. The first-order valence-corrected chi connectivity index (χ1v) is 14.1. The number of aliphatic hydroxyl groups is 2. The van der Waals surface area contributed by atoms with E-state index in [0.29, 0.717) is 18.0 Å². The molecule has 6 rings (SSSR count). The average molecular weight is 509 g/mol. The summed E-state index contributed by atoms with van der Waals surface area (Å²) in [5.41, 5.74) is 2.52. The third kappa shape index (κ3) is 3.33. The van der Waals surface area contributed by atoms with Crippen LogP contribution in [0.4, 0.5) is 0 Å². The lowest BCUT2D eigenvalue weighted by atomic mass is 9.45. The quantitative estimate of drug-likeness (QED) is 0.479. The molecule has 0 saturated heterocycles. The summed E-state index contributed by atoms with van der Waals surface area (Å²) >= 11 is 1.29. The monoisotopic (exact) mass is 508 g/mol. The lowest BCUT2D eigenvalue weighted by Gasteiger charge is -2.60. The maximum absolute atomic E-state index is 13.6. The van der Waals surface area contributed by atoms with E-state index in [4.69, 9.17) is 0 Å². The van der Waals surface area contributed by atoms with Crippen molar-refractivity contribution < 1.29 is 15.0 Å². The van der Waals surface area contributed by atoms with Gasteiger partial charge in [-0.3, -0.25) is 9.48 Å². The van der Waals surface area contributed by atoms with E-state index in [1.165, 1.54) is 28.6 Å². The Hall–Kier alpha value is -2.03. The van der Waals surface area contributed by atoms with Gasteiger partial charge in [0.05, 0.1) is 23.7 Å². The van der Waals surface area contributed by atoms with Gasteiger partial charge in [0.15, 0.2) is 10.9 Å². The lowest BCUT2D eigenvalue weighted by Crippen LogP contribution is -2.62. The highest BCUT2D eigenvalue weighted by molar-refractivity contribution is 7.99. The van der Waals surface area contributed by atoms with Crippen LogP contribution in [0.2, 0.25) is 0 Å². The van der Waals surface area contributed by atoms with Crippen LogP contribution in [0.5, 0.6) is 0 Å². The van der Waals surface area contributed by atoms with Gasteiger partial charge in [0.25, 0.3) is 0 Å². The first-order valence-electron chi connectivity index (χ1n) is 13.1. The topological polar surface area (TPSA) is 101 Å². The predicted molar refractivity (Wildman–Crippen MR) is 138 cm³/mol. The summed E-state index contributed by atoms with van der Waals surface area (Å²) in [5.74, 6) is 0.605. The molecule has 7 nitrogen and oxygen atoms in total. The van der Waals surface area contributed by atoms with Crippen molar-refractivity contribution in [3.63, 3.8) is 0 Å². The summed E-state index contributed by atoms with van der Waals surface area (Å²) in [6.07, 6.45) is 10.0. The number of carbonyl (C=O) groups excluding carboxylic acids is 1. The fourth-order valence-corrected chi connectivity index (χ4v) is 9.37. The first kappa shape index (κ1) is 24.3. The number of nitrogens with zero attached hydrogens (tertiary/aromatic N) is 4. The van der Waals surface area contributed by atoms with E-state index < -0.39 is 17.1 Å². The lowest BCUT2D eigenvalue weighted by molar-refractivity contribution is -0.177. The van der Waals surface area contributed by atoms with E-state index in [1.807, 2.05) is 30.9 Å². The van der Waals surface area contributed by atoms with Crippen LogP contribution in [0, 0.1) is 35.5 Å². The van der Waals surface area contributed by atoms with Crippen LogP contribution in [0.1, 0.15) is 62.9 Å². The number of aromatic nitrogens is 4. The second kappa shape index (κ2) is 8.23. The highest BCUT2D eigenvalue weighted by Crippen LogP contribution is 2.67. The van der Waals surface area contributed by atoms with Crippen molar-refractivity contribution in [2.24, 2.45) is 35.6 Å². The number of aryl methyl sites for hydroxylation is 2. The van der Waals surface area contributed by atoms with Gasteiger partial charge in [0, 0.05) is 24.4 Å². The predicted octanol–water partition coefficient (Wildman–Crippen LogP) is 3.76. The summed E-state index contributed by atoms with van der Waals surface area (Å²) in [5, 5.41) is 28.7. The molecule has 36 heavy (non-hydrogen) atoms. The van der Waals surface area contributed by atoms with E-state index in [1.54, 1.807) is 6.20 Å². The second-order valence-corrected chi connectivity index (χ2v) is 13.0. The third-order valence-corrected chi connectivity index (χ3v) is 11.2. The van der Waals surface area contributed by atoms with Crippen molar-refractivity contribution in [3.05, 3.63) is 41.0 Å². The van der Waals surface area contributed by atoms with Gasteiger partial charge in [-0.2, -0.15) is 5.10 Å². The Balaban J connectivity index is 1.27. The Labute approximate surface area is 216 Å². The van der Waals surface area contributed by atoms with Crippen molar-refractivity contribution in [3.8, 4) is 0 Å². The van der Waals surface area contributed by atoms with Crippen molar-refractivity contribution in [1.82, 2.24) is 19.7 Å². The largest absolute Gasteiger partial charge is 0.393 e. The van der Waals surface area contributed by atoms with Crippen LogP contribution in [0.25, 0.3) is 6.08 Å². The molecule has 3 fully saturated rings. The first-order chi connectivity index (χ1) is 17.1. The molecule has 2 heterocycles. The molecule has 0 aliphatic heterocycles. The van der Waals surface area contributed by atoms with Crippen molar-refractivity contribution >= 4 is 23.6 Å². The van der Waals surface area contributed by atoms with Gasteiger partial charge < -0.3 is 10.2 Å². The van der Waals surface area contributed by atoms with Crippen LogP contribution in [0.3, 0.4) is 0 Å². The van der Waals surface area contributed by atoms with E-state index in [2.05, 4.69) is 35.0 Å². The van der Waals surface area contributed by atoms with Crippen LogP contribution in [-0.2, 0) is 18.3 Å². The Morgan fingerprint density at radius 2 is 2.11 bits per heavy atom. The van der Waals surface area contributed by atoms with Crippen LogP contribution in [0.15, 0.2) is 29.2 Å². The molecule has 0 radical (unpaired) electrons. The summed E-state index contributed by atoms with van der Waals surface area (Å²) in [6, 6.07) is 1.83. The van der Waals surface area contributed by atoms with Gasteiger partial charge in [-0.15, -0.1) is 0 Å². The minimum Gasteiger partial charge on any atom is -0.393 e. The van der Waals surface area contributed by atoms with Crippen molar-refractivity contribution in [1.29, 1.82) is 0 Å². The molecule has 4 aliphatic carbocycles. The maximum atomic E-state index is 13.6. The number of hydrogen-bond donors (Lipinski definition) is 2. The number of aliphatic hydroxyl groups excluding tert-OH is 1. The van der Waals surface area contributed by atoms with Crippen LogP contribution < -0.4 is 0 Å². The van der Waals surface area contributed by atoms with Gasteiger partial charge in [0.1, 0.15) is 5.60 Å². The molecule has 192 valence electrons. The average Bonchev–Trinajstić information content (AvgIpc) is 3.31. The fourth-order valence-electron chi connectivity index (χ4n) is 8.53. The number of Topliss-reactive ketones (excluding diaryl/α,β-unsaturated/α-hetero) is 1. The molecular weight excluding hydrogens is 472 g/mol.